The van der Waals surface area contributed by atoms with Crippen molar-refractivity contribution in [3.8, 4) is 0 Å². The van der Waals surface area contributed by atoms with E-state index >= 15 is 0 Å². The summed E-state index contributed by atoms with van der Waals surface area (Å²) < 4.78 is 1.42. The van der Waals surface area contributed by atoms with Crippen LogP contribution in [0.15, 0.2) is 30.9 Å². The van der Waals surface area contributed by atoms with Crippen LogP contribution in [0.3, 0.4) is 0 Å². The van der Waals surface area contributed by atoms with Gasteiger partial charge in [0.1, 0.15) is 12.7 Å². The van der Waals surface area contributed by atoms with E-state index in [4.69, 9.17) is 0 Å². The van der Waals surface area contributed by atoms with Crippen molar-refractivity contribution in [2.45, 2.75) is 13.8 Å². The van der Waals surface area contributed by atoms with E-state index in [1.165, 1.54) is 17.3 Å². The van der Waals surface area contributed by atoms with E-state index in [0.29, 0.717) is 5.56 Å². The van der Waals surface area contributed by atoms with Crippen molar-refractivity contribution in [3.63, 3.8) is 0 Å². The van der Waals surface area contributed by atoms with Gasteiger partial charge >= 0.3 is 0 Å². The fraction of sp³-hybridized carbons (Fsp3) is 0.182. The molecule has 0 saturated heterocycles. The van der Waals surface area contributed by atoms with Gasteiger partial charge in [0.25, 0.3) is 5.91 Å². The predicted octanol–water partition coefficient (Wildman–Crippen LogP) is 1.28. The van der Waals surface area contributed by atoms with Gasteiger partial charge in [-0.25, -0.2) is 4.68 Å². The largest absolute Gasteiger partial charge is 0.270 e. The van der Waals surface area contributed by atoms with Crippen LogP contribution < -0.4 is 5.43 Å². The molecule has 1 aromatic heterocycles. The van der Waals surface area contributed by atoms with Crippen LogP contribution in [0.2, 0.25) is 0 Å². The maximum absolute atomic E-state index is 11.9. The number of rotatable bonds is 2. The predicted molar refractivity (Wildman–Crippen MR) is 59.6 cm³/mol. The van der Waals surface area contributed by atoms with Crippen LogP contribution in [-0.4, -0.2) is 20.8 Å². The number of amides is 1. The molecule has 0 aliphatic carbocycles. The summed E-state index contributed by atoms with van der Waals surface area (Å²) in [5.74, 6) is -0.169. The van der Waals surface area contributed by atoms with E-state index in [1.807, 2.05) is 32.0 Å². The standard InChI is InChI=1S/C11H12N4O/c1-8-3-4-10(9(2)5-8)11(16)14-15-6-12-13-7-15/h3-7H,1-2H3,(H,14,16). The minimum Gasteiger partial charge on any atom is -0.267 e. The maximum atomic E-state index is 11.9. The first-order chi connectivity index (χ1) is 7.66. The summed E-state index contributed by atoms with van der Waals surface area (Å²) in [4.78, 5) is 11.9. The van der Waals surface area contributed by atoms with Crippen molar-refractivity contribution >= 4 is 5.91 Å². The Labute approximate surface area is 93.1 Å². The van der Waals surface area contributed by atoms with Gasteiger partial charge in [-0.2, -0.15) is 0 Å². The summed E-state index contributed by atoms with van der Waals surface area (Å²) in [7, 11) is 0. The maximum Gasteiger partial charge on any atom is 0.270 e. The molecule has 2 rings (SSSR count). The van der Waals surface area contributed by atoms with Crippen LogP contribution in [-0.2, 0) is 0 Å². The third-order valence-corrected chi connectivity index (χ3v) is 2.28. The van der Waals surface area contributed by atoms with Crippen LogP contribution in [0.1, 0.15) is 21.5 Å². The van der Waals surface area contributed by atoms with Gasteiger partial charge in [-0.05, 0) is 25.5 Å². The van der Waals surface area contributed by atoms with Crippen molar-refractivity contribution in [1.82, 2.24) is 14.9 Å². The molecule has 0 spiro atoms. The molecule has 1 aromatic carbocycles. The molecule has 0 radical (unpaired) electrons. The van der Waals surface area contributed by atoms with Crippen LogP contribution in [0.4, 0.5) is 0 Å². The van der Waals surface area contributed by atoms with Gasteiger partial charge in [0.15, 0.2) is 0 Å². The number of carbonyl (C=O) groups excluding carboxylic acids is 1. The van der Waals surface area contributed by atoms with Gasteiger partial charge in [-0.3, -0.25) is 10.2 Å². The van der Waals surface area contributed by atoms with E-state index < -0.39 is 0 Å². The molecule has 0 saturated carbocycles. The molecule has 1 N–H and O–H groups in total. The van der Waals surface area contributed by atoms with E-state index in [9.17, 15) is 4.79 Å². The van der Waals surface area contributed by atoms with E-state index in [-0.39, 0.29) is 5.91 Å². The number of hydrogen-bond donors (Lipinski definition) is 1. The van der Waals surface area contributed by atoms with E-state index in [1.54, 1.807) is 0 Å². The zero-order chi connectivity index (χ0) is 11.5. The number of benzene rings is 1. The van der Waals surface area contributed by atoms with Crippen LogP contribution in [0.25, 0.3) is 0 Å². The molecule has 1 heterocycles. The highest BCUT2D eigenvalue weighted by molar-refractivity contribution is 6.01. The molecule has 0 aliphatic rings. The van der Waals surface area contributed by atoms with Crippen molar-refractivity contribution in [2.24, 2.45) is 0 Å². The van der Waals surface area contributed by atoms with E-state index in [0.717, 1.165) is 11.1 Å². The third-order valence-electron chi connectivity index (χ3n) is 2.28. The SMILES string of the molecule is Cc1ccc(C(=O)Nn2cnnc2)c(C)c1. The lowest BCUT2D eigenvalue weighted by molar-refractivity contribution is 0.101. The van der Waals surface area contributed by atoms with Gasteiger partial charge in [0.05, 0.1) is 0 Å². The quantitative estimate of drug-likeness (QED) is 0.822. The Kier molecular flexibility index (Phi) is 2.68. The van der Waals surface area contributed by atoms with Crippen molar-refractivity contribution in [3.05, 3.63) is 47.5 Å². The smallest absolute Gasteiger partial charge is 0.267 e. The van der Waals surface area contributed by atoms with Crippen LogP contribution in [0.5, 0.6) is 0 Å². The molecule has 16 heavy (non-hydrogen) atoms. The Hall–Kier alpha value is -2.17. The van der Waals surface area contributed by atoms with Crippen molar-refractivity contribution < 1.29 is 4.79 Å². The van der Waals surface area contributed by atoms with Gasteiger partial charge in [-0.1, -0.05) is 17.7 Å². The second kappa shape index (κ2) is 4.14. The highest BCUT2D eigenvalue weighted by Crippen LogP contribution is 2.10. The molecule has 0 fully saturated rings. The normalized spacial score (nSPS) is 10.1. The second-order valence-corrected chi connectivity index (χ2v) is 3.63. The lowest BCUT2D eigenvalue weighted by Crippen LogP contribution is -2.22. The number of nitrogens with one attached hydrogen (secondary N) is 1. The summed E-state index contributed by atoms with van der Waals surface area (Å²) in [5, 5.41) is 7.21. The number of nitrogens with zero attached hydrogens (tertiary/aromatic N) is 3. The molecule has 0 unspecified atom stereocenters. The first-order valence-electron chi connectivity index (χ1n) is 4.90. The Bertz CT molecular complexity index is 505. The minimum absolute atomic E-state index is 0.169. The van der Waals surface area contributed by atoms with Gasteiger partial charge in [0, 0.05) is 5.56 Å². The number of hydrogen-bond acceptors (Lipinski definition) is 3. The van der Waals surface area contributed by atoms with Gasteiger partial charge in [-0.15, -0.1) is 10.2 Å². The number of aromatic nitrogens is 3. The minimum atomic E-state index is -0.169. The highest BCUT2D eigenvalue weighted by atomic mass is 16.2. The summed E-state index contributed by atoms with van der Waals surface area (Å²) in [6.45, 7) is 3.91. The molecular weight excluding hydrogens is 204 g/mol. The Morgan fingerprint density at radius 3 is 2.56 bits per heavy atom. The van der Waals surface area contributed by atoms with Crippen molar-refractivity contribution in [1.29, 1.82) is 0 Å². The van der Waals surface area contributed by atoms with E-state index in [2.05, 4.69) is 15.6 Å². The molecule has 0 bridgehead atoms. The molecular formula is C11H12N4O. The molecule has 0 aliphatic heterocycles. The molecule has 5 nitrogen and oxygen atoms in total. The highest BCUT2D eigenvalue weighted by Gasteiger charge is 2.08. The topological polar surface area (TPSA) is 59.8 Å². The first-order valence-corrected chi connectivity index (χ1v) is 4.90. The molecule has 2 aromatic rings. The summed E-state index contributed by atoms with van der Waals surface area (Å²) in [5.41, 5.74) is 5.39. The van der Waals surface area contributed by atoms with Gasteiger partial charge in [0.2, 0.25) is 0 Å². The Morgan fingerprint density at radius 2 is 1.94 bits per heavy atom. The third kappa shape index (κ3) is 2.08. The lowest BCUT2D eigenvalue weighted by atomic mass is 10.1. The fourth-order valence-corrected chi connectivity index (χ4v) is 1.50. The molecule has 0 atom stereocenters. The Morgan fingerprint density at radius 1 is 1.25 bits per heavy atom. The average molecular weight is 216 g/mol. The lowest BCUT2D eigenvalue weighted by Gasteiger charge is -2.07. The molecule has 82 valence electrons. The zero-order valence-electron chi connectivity index (χ0n) is 9.14. The summed E-state index contributed by atoms with van der Waals surface area (Å²) in [6, 6.07) is 5.69. The number of aryl methyl sites for hydroxylation is 2. The summed E-state index contributed by atoms with van der Waals surface area (Å²) >= 11 is 0. The first kappa shape index (κ1) is 10.4. The molecule has 5 heteroatoms. The average Bonchev–Trinajstić information content (AvgIpc) is 2.70. The fourth-order valence-electron chi connectivity index (χ4n) is 1.50. The van der Waals surface area contributed by atoms with Gasteiger partial charge < -0.3 is 0 Å². The van der Waals surface area contributed by atoms with Crippen molar-refractivity contribution in [2.75, 3.05) is 5.43 Å². The van der Waals surface area contributed by atoms with Crippen LogP contribution in [0, 0.1) is 13.8 Å². The number of carbonyl (C=O) groups is 1. The second-order valence-electron chi connectivity index (χ2n) is 3.63. The summed E-state index contributed by atoms with van der Waals surface area (Å²) in [6.07, 6.45) is 2.86. The van der Waals surface area contributed by atoms with Crippen LogP contribution >= 0.6 is 0 Å². The monoisotopic (exact) mass is 216 g/mol. The Balaban J connectivity index is 2.21. The molecule has 1 amide bonds. The zero-order valence-corrected chi connectivity index (χ0v) is 9.14.